The Balaban J connectivity index is 1.26. The number of nitrogens with zero attached hydrogens (tertiary/aromatic N) is 2. The first kappa shape index (κ1) is 21.5. The summed E-state index contributed by atoms with van der Waals surface area (Å²) < 4.78 is 14.0. The summed E-state index contributed by atoms with van der Waals surface area (Å²) in [5, 5.41) is 4.91. The summed E-state index contributed by atoms with van der Waals surface area (Å²) in [7, 11) is 4.09. The van der Waals surface area contributed by atoms with Crippen LogP contribution in [0.2, 0.25) is 0 Å². The topological polar surface area (TPSA) is 35.6 Å². The Morgan fingerprint density at radius 1 is 1.19 bits per heavy atom. The van der Waals surface area contributed by atoms with E-state index in [1.165, 1.54) is 28.7 Å². The minimum atomic E-state index is -0.269. The lowest BCUT2D eigenvalue weighted by Crippen LogP contribution is -2.30. The summed E-state index contributed by atoms with van der Waals surface area (Å²) in [6.45, 7) is 3.64. The number of nitrogens with one attached hydrogen (secondary N) is 1. The number of carbonyl (C=O) groups is 1. The fraction of sp³-hybridized carbons (Fsp3) is 0.320. The van der Waals surface area contributed by atoms with Gasteiger partial charge >= 0.3 is 0 Å². The zero-order valence-electron chi connectivity index (χ0n) is 18.0. The average Bonchev–Trinajstić information content (AvgIpc) is 3.43. The first-order chi connectivity index (χ1) is 15.0. The van der Waals surface area contributed by atoms with Crippen LogP contribution in [0.1, 0.15) is 21.7 Å². The van der Waals surface area contributed by atoms with Gasteiger partial charge in [-0.25, -0.2) is 4.39 Å². The number of thiophene rings is 1. The van der Waals surface area contributed by atoms with Crippen LogP contribution in [-0.2, 0) is 6.54 Å². The highest BCUT2D eigenvalue weighted by atomic mass is 32.1. The smallest absolute Gasteiger partial charge is 0.261 e. The molecule has 3 aromatic rings. The minimum Gasteiger partial charge on any atom is -0.378 e. The maximum atomic E-state index is 14.0. The molecular weight excluding hydrogens is 409 g/mol. The maximum absolute atomic E-state index is 14.0. The molecule has 4 nitrogen and oxygen atoms in total. The summed E-state index contributed by atoms with van der Waals surface area (Å²) >= 11 is 1.36. The number of rotatable bonds is 7. The molecule has 31 heavy (non-hydrogen) atoms. The standard InChI is InChI=1S/C25H28FN3OS/c1-28(2)21-9-7-18(8-10-21)15-29-12-11-19(16-29)14-27-25(30)24-13-20(17-31-24)22-5-3-4-6-23(22)26/h3-10,13,17,19H,11-12,14-16H2,1-2H3,(H,27,30). The van der Waals surface area contributed by atoms with Crippen LogP contribution in [0.5, 0.6) is 0 Å². The van der Waals surface area contributed by atoms with Crippen molar-refractivity contribution in [1.82, 2.24) is 10.2 Å². The number of likely N-dealkylation sites (tertiary alicyclic amines) is 1. The highest BCUT2D eigenvalue weighted by Crippen LogP contribution is 2.28. The lowest BCUT2D eigenvalue weighted by molar-refractivity contribution is 0.0951. The van der Waals surface area contributed by atoms with Crippen LogP contribution < -0.4 is 10.2 Å². The van der Waals surface area contributed by atoms with Crippen molar-refractivity contribution >= 4 is 22.9 Å². The zero-order chi connectivity index (χ0) is 21.8. The van der Waals surface area contributed by atoms with Crippen molar-refractivity contribution in [2.75, 3.05) is 38.6 Å². The summed E-state index contributed by atoms with van der Waals surface area (Å²) in [5.74, 6) is 0.107. The fourth-order valence-corrected chi connectivity index (χ4v) is 4.82. The zero-order valence-corrected chi connectivity index (χ0v) is 18.8. The molecule has 1 N–H and O–H groups in total. The predicted octanol–water partition coefficient (Wildman–Crippen LogP) is 4.87. The van der Waals surface area contributed by atoms with E-state index in [2.05, 4.69) is 39.4 Å². The number of hydrogen-bond acceptors (Lipinski definition) is 4. The van der Waals surface area contributed by atoms with Crippen molar-refractivity contribution in [3.63, 3.8) is 0 Å². The number of carbonyl (C=O) groups excluding carboxylic acids is 1. The quantitative estimate of drug-likeness (QED) is 0.573. The number of amides is 1. The van der Waals surface area contributed by atoms with Crippen LogP contribution in [0.15, 0.2) is 60.0 Å². The van der Waals surface area contributed by atoms with E-state index in [4.69, 9.17) is 0 Å². The largest absolute Gasteiger partial charge is 0.378 e. The molecule has 1 saturated heterocycles. The highest BCUT2D eigenvalue weighted by Gasteiger charge is 2.23. The van der Waals surface area contributed by atoms with Crippen LogP contribution in [0.25, 0.3) is 11.1 Å². The van der Waals surface area contributed by atoms with E-state index in [1.54, 1.807) is 24.3 Å². The van der Waals surface area contributed by atoms with Gasteiger partial charge in [0.15, 0.2) is 0 Å². The van der Waals surface area contributed by atoms with Gasteiger partial charge in [0.05, 0.1) is 4.88 Å². The van der Waals surface area contributed by atoms with Crippen molar-refractivity contribution < 1.29 is 9.18 Å². The molecule has 0 spiro atoms. The van der Waals surface area contributed by atoms with Crippen molar-refractivity contribution in [2.24, 2.45) is 5.92 Å². The lowest BCUT2D eigenvalue weighted by Gasteiger charge is -2.18. The predicted molar refractivity (Wildman–Crippen MR) is 126 cm³/mol. The Labute approximate surface area is 187 Å². The van der Waals surface area contributed by atoms with Gasteiger partial charge in [-0.3, -0.25) is 9.69 Å². The average molecular weight is 438 g/mol. The highest BCUT2D eigenvalue weighted by molar-refractivity contribution is 7.12. The molecule has 6 heteroatoms. The number of benzene rings is 2. The van der Waals surface area contributed by atoms with Crippen LogP contribution in [-0.4, -0.2) is 44.5 Å². The molecule has 1 aliphatic heterocycles. The number of halogens is 1. The van der Waals surface area contributed by atoms with Gasteiger partial charge in [0.2, 0.25) is 0 Å². The van der Waals surface area contributed by atoms with Crippen molar-refractivity contribution in [1.29, 1.82) is 0 Å². The molecule has 0 saturated carbocycles. The lowest BCUT2D eigenvalue weighted by atomic mass is 10.1. The van der Waals surface area contributed by atoms with E-state index < -0.39 is 0 Å². The fourth-order valence-electron chi connectivity index (χ4n) is 4.00. The first-order valence-corrected chi connectivity index (χ1v) is 11.5. The Morgan fingerprint density at radius 3 is 2.71 bits per heavy atom. The third-order valence-electron chi connectivity index (χ3n) is 5.79. The Kier molecular flexibility index (Phi) is 6.68. The second-order valence-electron chi connectivity index (χ2n) is 8.34. The molecule has 1 amide bonds. The molecule has 4 rings (SSSR count). The van der Waals surface area contributed by atoms with E-state index in [-0.39, 0.29) is 11.7 Å². The monoisotopic (exact) mass is 437 g/mol. The van der Waals surface area contributed by atoms with Gasteiger partial charge in [-0.2, -0.15) is 0 Å². The van der Waals surface area contributed by atoms with Gasteiger partial charge in [-0.05, 0) is 59.7 Å². The Morgan fingerprint density at radius 2 is 1.97 bits per heavy atom. The Bertz CT molecular complexity index is 1030. The SMILES string of the molecule is CN(C)c1ccc(CN2CCC(CNC(=O)c3cc(-c4ccccc4F)cs3)C2)cc1. The van der Waals surface area contributed by atoms with Gasteiger partial charge in [0.1, 0.15) is 5.82 Å². The third kappa shape index (κ3) is 5.32. The molecule has 1 fully saturated rings. The summed E-state index contributed by atoms with van der Waals surface area (Å²) in [6, 6.07) is 17.1. The minimum absolute atomic E-state index is 0.0784. The number of hydrogen-bond donors (Lipinski definition) is 1. The summed E-state index contributed by atoms with van der Waals surface area (Å²) in [4.78, 5) is 17.7. The van der Waals surface area contributed by atoms with Crippen LogP contribution in [0, 0.1) is 11.7 Å². The maximum Gasteiger partial charge on any atom is 0.261 e. The molecule has 0 aliphatic carbocycles. The second-order valence-corrected chi connectivity index (χ2v) is 9.25. The molecule has 162 valence electrons. The molecule has 2 heterocycles. The molecule has 0 bridgehead atoms. The molecule has 1 aromatic heterocycles. The normalized spacial score (nSPS) is 16.4. The molecule has 0 radical (unpaired) electrons. The van der Waals surface area contributed by atoms with Gasteiger partial charge < -0.3 is 10.2 Å². The van der Waals surface area contributed by atoms with E-state index in [0.717, 1.165) is 31.6 Å². The van der Waals surface area contributed by atoms with Gasteiger partial charge in [0, 0.05) is 45.0 Å². The van der Waals surface area contributed by atoms with E-state index >= 15 is 0 Å². The van der Waals surface area contributed by atoms with Gasteiger partial charge in [0.25, 0.3) is 5.91 Å². The number of anilines is 1. The van der Waals surface area contributed by atoms with Gasteiger partial charge in [-0.1, -0.05) is 30.3 Å². The van der Waals surface area contributed by atoms with Crippen LogP contribution in [0.4, 0.5) is 10.1 Å². The molecule has 1 atom stereocenters. The molecule has 2 aromatic carbocycles. The molecule has 1 unspecified atom stereocenters. The van der Waals surface area contributed by atoms with Crippen molar-refractivity contribution in [3.8, 4) is 11.1 Å². The van der Waals surface area contributed by atoms with Crippen molar-refractivity contribution in [2.45, 2.75) is 13.0 Å². The summed E-state index contributed by atoms with van der Waals surface area (Å²) in [6.07, 6.45) is 1.08. The van der Waals surface area contributed by atoms with E-state index in [0.29, 0.717) is 22.9 Å². The second kappa shape index (κ2) is 9.62. The van der Waals surface area contributed by atoms with Gasteiger partial charge in [-0.15, -0.1) is 11.3 Å². The molecular formula is C25H28FN3OS. The van der Waals surface area contributed by atoms with Crippen LogP contribution >= 0.6 is 11.3 Å². The third-order valence-corrected chi connectivity index (χ3v) is 6.72. The molecule has 1 aliphatic rings. The van der Waals surface area contributed by atoms with E-state index in [9.17, 15) is 9.18 Å². The van der Waals surface area contributed by atoms with E-state index in [1.807, 2.05) is 19.5 Å². The summed E-state index contributed by atoms with van der Waals surface area (Å²) in [5.41, 5.74) is 3.80. The van der Waals surface area contributed by atoms with Crippen molar-refractivity contribution in [3.05, 3.63) is 76.2 Å². The Hall–Kier alpha value is -2.70. The first-order valence-electron chi connectivity index (χ1n) is 10.6. The van der Waals surface area contributed by atoms with Crippen LogP contribution in [0.3, 0.4) is 0 Å².